The van der Waals surface area contributed by atoms with Crippen molar-refractivity contribution < 1.29 is 9.59 Å². The van der Waals surface area contributed by atoms with Gasteiger partial charge in [0.15, 0.2) is 16.8 Å². The van der Waals surface area contributed by atoms with Gasteiger partial charge in [-0.3, -0.25) is 9.59 Å². The first-order chi connectivity index (χ1) is 15.5. The number of nitrogen functional groups attached to an aromatic ring is 1. The molecule has 0 aliphatic carbocycles. The van der Waals surface area contributed by atoms with Gasteiger partial charge in [-0.2, -0.15) is 0 Å². The highest BCUT2D eigenvalue weighted by molar-refractivity contribution is 7.13. The van der Waals surface area contributed by atoms with Crippen LogP contribution in [0.2, 0.25) is 5.15 Å². The largest absolute Gasteiger partial charge is 0.383 e. The van der Waals surface area contributed by atoms with Crippen LogP contribution in [0.3, 0.4) is 0 Å². The molecule has 3 heterocycles. The van der Waals surface area contributed by atoms with Gasteiger partial charge < -0.3 is 16.8 Å². The first-order valence-corrected chi connectivity index (χ1v) is 11.3. The highest BCUT2D eigenvalue weighted by Crippen LogP contribution is 2.30. The van der Waals surface area contributed by atoms with Gasteiger partial charge in [-0.1, -0.05) is 39.3 Å². The molecule has 1 unspecified atom stereocenters. The number of carbonyl (C=O) groups is 2. The number of carbonyl (C=O) groups excluding carboxylic acids is 2. The Morgan fingerprint density at radius 2 is 1.94 bits per heavy atom. The molecule has 0 spiro atoms. The predicted octanol–water partition coefficient (Wildman–Crippen LogP) is 3.34. The second kappa shape index (κ2) is 9.86. The molecule has 174 valence electrons. The first-order valence-electron chi connectivity index (χ1n) is 10.1. The molecule has 0 saturated heterocycles. The molecule has 33 heavy (non-hydrogen) atoms. The number of halogens is 1. The van der Waals surface area contributed by atoms with Crippen molar-refractivity contribution in [1.29, 1.82) is 0 Å². The Labute approximate surface area is 200 Å². The van der Waals surface area contributed by atoms with Gasteiger partial charge in [-0.15, -0.1) is 21.5 Å². The zero-order valence-electron chi connectivity index (χ0n) is 18.7. The average molecular weight is 489 g/mol. The summed E-state index contributed by atoms with van der Waals surface area (Å²) in [6.45, 7) is 7.89. The second-order valence-electron chi connectivity index (χ2n) is 8.52. The van der Waals surface area contributed by atoms with E-state index in [1.165, 1.54) is 23.9 Å². The molecule has 0 radical (unpaired) electrons. The Morgan fingerprint density at radius 3 is 2.61 bits per heavy atom. The molecule has 10 nitrogen and oxygen atoms in total. The molecule has 0 aromatic carbocycles. The molecule has 3 aromatic rings. The van der Waals surface area contributed by atoms with Crippen molar-refractivity contribution >= 4 is 46.3 Å². The molecule has 1 amide bonds. The number of hydrogen-bond donors (Lipinski definition) is 3. The van der Waals surface area contributed by atoms with Gasteiger partial charge >= 0.3 is 0 Å². The highest BCUT2D eigenvalue weighted by Gasteiger charge is 2.23. The van der Waals surface area contributed by atoms with Crippen LogP contribution in [0.5, 0.6) is 0 Å². The van der Waals surface area contributed by atoms with Crippen molar-refractivity contribution in [3.05, 3.63) is 50.4 Å². The van der Waals surface area contributed by atoms with Crippen molar-refractivity contribution in [2.24, 2.45) is 5.73 Å². The number of amides is 1. The number of aromatic nitrogens is 5. The van der Waals surface area contributed by atoms with E-state index < -0.39 is 0 Å². The third-order valence-corrected chi connectivity index (χ3v) is 6.41. The number of anilines is 2. The molecule has 3 aromatic heterocycles. The van der Waals surface area contributed by atoms with E-state index in [2.05, 4.69) is 30.5 Å². The molecule has 0 bridgehead atoms. The molecular formula is C21H25ClN8O2S. The molecule has 1 atom stereocenters. The summed E-state index contributed by atoms with van der Waals surface area (Å²) >= 11 is 7.34. The first kappa shape index (κ1) is 24.6. The summed E-state index contributed by atoms with van der Waals surface area (Å²) in [7, 11) is 0. The number of nitrogens with one attached hydrogen (secondary N) is 1. The van der Waals surface area contributed by atoms with E-state index in [4.69, 9.17) is 23.1 Å². The lowest BCUT2D eigenvalue weighted by Crippen LogP contribution is -2.17. The maximum absolute atomic E-state index is 12.8. The number of Topliss-reactive ketones (excluding diaryl/α,β-unsaturated/α-hetero) is 1. The highest BCUT2D eigenvalue weighted by atomic mass is 35.5. The van der Waals surface area contributed by atoms with Crippen molar-refractivity contribution in [2.45, 2.75) is 52.0 Å². The fourth-order valence-corrected chi connectivity index (χ4v) is 4.33. The summed E-state index contributed by atoms with van der Waals surface area (Å²) in [6.07, 6.45) is 2.84. The molecule has 12 heteroatoms. The number of thiazole rings is 1. The number of rotatable bonds is 7. The molecular weight excluding hydrogens is 464 g/mol. The predicted molar refractivity (Wildman–Crippen MR) is 128 cm³/mol. The summed E-state index contributed by atoms with van der Waals surface area (Å²) in [4.78, 5) is 38.1. The third-order valence-electron chi connectivity index (χ3n) is 4.91. The zero-order chi connectivity index (χ0) is 24.3. The number of nitrogens with two attached hydrogens (primary N) is 2. The summed E-state index contributed by atoms with van der Waals surface area (Å²) in [6, 6.07) is 1.71. The van der Waals surface area contributed by atoms with E-state index >= 15 is 0 Å². The third kappa shape index (κ3) is 5.67. The Morgan fingerprint density at radius 1 is 1.21 bits per heavy atom. The van der Waals surface area contributed by atoms with Crippen LogP contribution < -0.4 is 16.8 Å². The lowest BCUT2D eigenvalue weighted by atomic mass is 9.88. The zero-order valence-corrected chi connectivity index (χ0v) is 20.3. The van der Waals surface area contributed by atoms with Crippen LogP contribution in [-0.4, -0.2) is 36.8 Å². The number of hydrogen-bond acceptors (Lipinski definition) is 10. The van der Waals surface area contributed by atoms with Crippen molar-refractivity contribution in [2.75, 3.05) is 11.1 Å². The maximum atomic E-state index is 12.8. The topological polar surface area (TPSA) is 163 Å². The van der Waals surface area contributed by atoms with E-state index in [1.54, 1.807) is 6.07 Å². The molecule has 3 rings (SSSR count). The lowest BCUT2D eigenvalue weighted by Gasteiger charge is -2.20. The molecule has 0 saturated carbocycles. The Kier molecular flexibility index (Phi) is 7.35. The van der Waals surface area contributed by atoms with Crippen LogP contribution in [0.4, 0.5) is 11.6 Å². The standard InChI is InChI=1S/C21H25ClN8O2S/c1-10(5-13(31)16-11(7-23)18(24)27-9-26-16)20-25-8-14(33-20)19(32)28-15-6-12(21(2,3)4)17(22)30-29-15/h6,8-10H,5,7,23H2,1-4H3,(H2,24,26,27)(H,28,29,32). The number of ketones is 1. The Bertz CT molecular complexity index is 1190. The average Bonchev–Trinajstić information content (AvgIpc) is 3.24. The summed E-state index contributed by atoms with van der Waals surface area (Å²) in [5.41, 5.74) is 12.6. The fraction of sp³-hybridized carbons (Fsp3) is 0.381. The summed E-state index contributed by atoms with van der Waals surface area (Å²) in [5.74, 6) is -0.347. The van der Waals surface area contributed by atoms with Crippen LogP contribution in [-0.2, 0) is 12.0 Å². The second-order valence-corrected chi connectivity index (χ2v) is 9.94. The van der Waals surface area contributed by atoms with Crippen molar-refractivity contribution in [1.82, 2.24) is 25.1 Å². The van der Waals surface area contributed by atoms with E-state index in [0.29, 0.717) is 26.4 Å². The van der Waals surface area contributed by atoms with Gasteiger partial charge in [0.25, 0.3) is 5.91 Å². The van der Waals surface area contributed by atoms with Gasteiger partial charge in [0, 0.05) is 30.0 Å². The van der Waals surface area contributed by atoms with E-state index in [-0.39, 0.29) is 47.5 Å². The fourth-order valence-electron chi connectivity index (χ4n) is 3.09. The quantitative estimate of drug-likeness (QED) is 0.423. The van der Waals surface area contributed by atoms with Crippen LogP contribution in [0.25, 0.3) is 0 Å². The van der Waals surface area contributed by atoms with Crippen molar-refractivity contribution in [3.8, 4) is 0 Å². The van der Waals surface area contributed by atoms with E-state index in [0.717, 1.165) is 5.56 Å². The molecule has 0 fully saturated rings. The van der Waals surface area contributed by atoms with Crippen LogP contribution in [0, 0.1) is 0 Å². The van der Waals surface area contributed by atoms with Gasteiger partial charge in [0.05, 0.1) is 11.2 Å². The SMILES string of the molecule is CC(CC(=O)c1ncnc(N)c1CN)c1ncc(C(=O)Nc2cc(C(C)(C)C)c(Cl)nn2)s1. The Hall–Kier alpha value is -3.02. The summed E-state index contributed by atoms with van der Waals surface area (Å²) in [5, 5.41) is 11.5. The minimum Gasteiger partial charge on any atom is -0.383 e. The van der Waals surface area contributed by atoms with Crippen molar-refractivity contribution in [3.63, 3.8) is 0 Å². The van der Waals surface area contributed by atoms with Crippen LogP contribution in [0.15, 0.2) is 18.6 Å². The minimum atomic E-state index is -0.372. The van der Waals surface area contributed by atoms with Crippen LogP contribution in [0.1, 0.15) is 76.3 Å². The van der Waals surface area contributed by atoms with E-state index in [9.17, 15) is 9.59 Å². The lowest BCUT2D eigenvalue weighted by molar-refractivity contribution is 0.0968. The molecule has 5 N–H and O–H groups in total. The van der Waals surface area contributed by atoms with Crippen LogP contribution >= 0.6 is 22.9 Å². The maximum Gasteiger partial charge on any atom is 0.268 e. The normalized spacial score (nSPS) is 12.4. The Balaban J connectivity index is 1.71. The monoisotopic (exact) mass is 488 g/mol. The van der Waals surface area contributed by atoms with E-state index in [1.807, 2.05) is 27.7 Å². The van der Waals surface area contributed by atoms with Gasteiger partial charge in [-0.05, 0) is 11.5 Å². The van der Waals surface area contributed by atoms with Gasteiger partial charge in [-0.25, -0.2) is 15.0 Å². The molecule has 0 aliphatic heterocycles. The smallest absolute Gasteiger partial charge is 0.268 e. The summed E-state index contributed by atoms with van der Waals surface area (Å²) < 4.78 is 0. The van der Waals surface area contributed by atoms with Gasteiger partial charge in [0.1, 0.15) is 22.7 Å². The molecule has 0 aliphatic rings. The number of nitrogens with zero attached hydrogens (tertiary/aromatic N) is 5. The van der Waals surface area contributed by atoms with Gasteiger partial charge in [0.2, 0.25) is 0 Å². The minimum absolute atomic E-state index is 0.0637.